The Bertz CT molecular complexity index is 737. The molecule has 2 rings (SSSR count). The first-order chi connectivity index (χ1) is 9.96. The van der Waals surface area contributed by atoms with Crippen molar-refractivity contribution < 1.29 is 13.2 Å². The highest BCUT2D eigenvalue weighted by molar-refractivity contribution is 7.92. The van der Waals surface area contributed by atoms with E-state index in [0.29, 0.717) is 10.6 Å². The number of rotatable bonds is 5. The van der Waals surface area contributed by atoms with Crippen molar-refractivity contribution in [3.05, 3.63) is 64.3 Å². The molecular weight excluding hydrogens is 314 g/mol. The first-order valence-corrected chi connectivity index (χ1v) is 7.78. The molecule has 1 heterocycles. The number of hydrogen-bond acceptors (Lipinski definition) is 3. The predicted octanol–water partition coefficient (Wildman–Crippen LogP) is 1.90. The number of H-pyrrole nitrogens is 1. The average molecular weight is 326 g/mol. The van der Waals surface area contributed by atoms with E-state index in [1.165, 1.54) is 12.1 Å². The topological polar surface area (TPSA) is 91.1 Å². The van der Waals surface area contributed by atoms with E-state index >= 15 is 0 Å². The number of nitrogens with one attached hydrogen (secondary N) is 3. The molecule has 0 aliphatic rings. The van der Waals surface area contributed by atoms with Crippen LogP contribution in [-0.2, 0) is 10.0 Å². The van der Waals surface area contributed by atoms with E-state index in [9.17, 15) is 13.2 Å². The van der Waals surface area contributed by atoms with E-state index in [4.69, 9.17) is 11.6 Å². The van der Waals surface area contributed by atoms with Crippen molar-refractivity contribution in [1.82, 2.24) is 15.2 Å². The molecule has 0 saturated carbocycles. The van der Waals surface area contributed by atoms with Crippen molar-refractivity contribution >= 4 is 33.6 Å². The summed E-state index contributed by atoms with van der Waals surface area (Å²) < 4.78 is 23.4. The smallest absolute Gasteiger partial charge is 0.282 e. The predicted molar refractivity (Wildman–Crippen MR) is 80.8 cm³/mol. The molecule has 6 nitrogen and oxygen atoms in total. The number of carbonyl (C=O) groups excluding carboxylic acids is 1. The number of benzene rings is 1. The van der Waals surface area contributed by atoms with Gasteiger partial charge in [0.05, 0.1) is 0 Å². The van der Waals surface area contributed by atoms with Gasteiger partial charge in [-0.3, -0.25) is 10.2 Å². The molecule has 110 valence electrons. The van der Waals surface area contributed by atoms with Gasteiger partial charge in [-0.25, -0.2) is 8.42 Å². The van der Waals surface area contributed by atoms with E-state index in [-0.39, 0.29) is 5.69 Å². The molecule has 0 saturated heterocycles. The number of halogens is 1. The summed E-state index contributed by atoms with van der Waals surface area (Å²) in [5.41, 5.74) is 3.01. The van der Waals surface area contributed by atoms with Crippen LogP contribution in [0.2, 0.25) is 5.02 Å². The molecule has 0 spiro atoms. The number of carbonyl (C=O) groups is 1. The molecule has 3 N–H and O–H groups in total. The molecule has 0 aliphatic carbocycles. The monoisotopic (exact) mass is 325 g/mol. The van der Waals surface area contributed by atoms with E-state index in [1.54, 1.807) is 36.5 Å². The van der Waals surface area contributed by atoms with Crippen LogP contribution in [0.3, 0.4) is 0 Å². The zero-order valence-corrected chi connectivity index (χ0v) is 12.3. The third kappa shape index (κ3) is 4.75. The molecule has 1 aromatic carbocycles. The maximum atomic E-state index is 11.7. The maximum Gasteiger partial charge on any atom is 0.282 e. The van der Waals surface area contributed by atoms with E-state index in [1.807, 2.05) is 4.83 Å². The highest BCUT2D eigenvalue weighted by Crippen LogP contribution is 2.10. The van der Waals surface area contributed by atoms with Crippen LogP contribution >= 0.6 is 11.6 Å². The second kappa shape index (κ2) is 6.57. The summed E-state index contributed by atoms with van der Waals surface area (Å²) in [4.78, 5) is 16.2. The molecule has 2 aromatic rings. The standard InChI is InChI=1S/C13H12ClN3O3S/c14-11-5-3-10(4-6-11)7-9-21(19,20)17-16-13(18)12-2-1-8-15-12/h1-9,15,17H,(H,16,18)/b9-7+. The Balaban J connectivity index is 1.96. The highest BCUT2D eigenvalue weighted by Gasteiger charge is 2.09. The van der Waals surface area contributed by atoms with Gasteiger partial charge in [-0.15, -0.1) is 4.83 Å². The Labute approximate surface area is 126 Å². The Kier molecular flexibility index (Phi) is 4.79. The largest absolute Gasteiger partial charge is 0.357 e. The molecule has 21 heavy (non-hydrogen) atoms. The maximum absolute atomic E-state index is 11.7. The second-order valence-electron chi connectivity index (χ2n) is 4.04. The number of sulfonamides is 1. The molecule has 0 fully saturated rings. The second-order valence-corrected chi connectivity index (χ2v) is 6.04. The van der Waals surface area contributed by atoms with Gasteiger partial charge in [0.25, 0.3) is 15.9 Å². The van der Waals surface area contributed by atoms with Crippen LogP contribution in [0, 0.1) is 0 Å². The third-order valence-electron chi connectivity index (χ3n) is 2.46. The van der Waals surface area contributed by atoms with Crippen LogP contribution in [-0.4, -0.2) is 19.3 Å². The first-order valence-electron chi connectivity index (χ1n) is 5.85. The first kappa shape index (κ1) is 15.3. The molecule has 8 heteroatoms. The summed E-state index contributed by atoms with van der Waals surface area (Å²) >= 11 is 5.73. The lowest BCUT2D eigenvalue weighted by atomic mass is 10.2. The van der Waals surface area contributed by atoms with Gasteiger partial charge in [0.2, 0.25) is 0 Å². The highest BCUT2D eigenvalue weighted by atomic mass is 35.5. The molecule has 1 aromatic heterocycles. The van der Waals surface area contributed by atoms with Gasteiger partial charge in [-0.2, -0.15) is 0 Å². The fraction of sp³-hybridized carbons (Fsp3) is 0. The zero-order chi connectivity index (χ0) is 15.3. The van der Waals surface area contributed by atoms with Crippen molar-refractivity contribution in [2.24, 2.45) is 0 Å². The van der Waals surface area contributed by atoms with Crippen LogP contribution in [0.1, 0.15) is 16.1 Å². The fourth-order valence-corrected chi connectivity index (χ4v) is 2.20. The van der Waals surface area contributed by atoms with Gasteiger partial charge in [-0.1, -0.05) is 23.7 Å². The lowest BCUT2D eigenvalue weighted by Gasteiger charge is -2.04. The van der Waals surface area contributed by atoms with E-state index in [0.717, 1.165) is 5.41 Å². The van der Waals surface area contributed by atoms with Crippen LogP contribution in [0.5, 0.6) is 0 Å². The SMILES string of the molecule is O=C(NNS(=O)(=O)/C=C/c1ccc(Cl)cc1)c1ccc[nH]1. The van der Waals surface area contributed by atoms with Gasteiger partial charge < -0.3 is 4.98 Å². The van der Waals surface area contributed by atoms with E-state index in [2.05, 4.69) is 10.4 Å². The van der Waals surface area contributed by atoms with Gasteiger partial charge in [-0.05, 0) is 35.9 Å². The quantitative estimate of drug-likeness (QED) is 0.733. The Morgan fingerprint density at radius 2 is 1.90 bits per heavy atom. The van der Waals surface area contributed by atoms with Crippen LogP contribution < -0.4 is 10.3 Å². The number of hydrazine groups is 1. The summed E-state index contributed by atoms with van der Waals surface area (Å²) in [6, 6.07) is 9.79. The van der Waals surface area contributed by atoms with Crippen molar-refractivity contribution in [2.45, 2.75) is 0 Å². The van der Waals surface area contributed by atoms with E-state index < -0.39 is 15.9 Å². The number of aromatic amines is 1. The zero-order valence-electron chi connectivity index (χ0n) is 10.7. The molecule has 0 atom stereocenters. The molecule has 0 aliphatic heterocycles. The summed E-state index contributed by atoms with van der Waals surface area (Å²) in [6.07, 6.45) is 2.95. The lowest BCUT2D eigenvalue weighted by Crippen LogP contribution is -2.40. The summed E-state index contributed by atoms with van der Waals surface area (Å²) in [6.45, 7) is 0. The van der Waals surface area contributed by atoms with Crippen molar-refractivity contribution in [1.29, 1.82) is 0 Å². The van der Waals surface area contributed by atoms with Crippen LogP contribution in [0.15, 0.2) is 48.0 Å². The van der Waals surface area contributed by atoms with Gasteiger partial charge >= 0.3 is 0 Å². The average Bonchev–Trinajstić information content (AvgIpc) is 2.99. The number of hydrogen-bond donors (Lipinski definition) is 3. The number of amides is 1. The van der Waals surface area contributed by atoms with Gasteiger partial charge in [0.15, 0.2) is 0 Å². The Morgan fingerprint density at radius 1 is 1.19 bits per heavy atom. The molecule has 0 bridgehead atoms. The van der Waals surface area contributed by atoms with Gasteiger partial charge in [0.1, 0.15) is 5.69 Å². The Hall–Kier alpha value is -2.09. The molecular formula is C13H12ClN3O3S. The van der Waals surface area contributed by atoms with Crippen molar-refractivity contribution in [3.63, 3.8) is 0 Å². The summed E-state index contributed by atoms with van der Waals surface area (Å²) in [7, 11) is -3.79. The lowest BCUT2D eigenvalue weighted by molar-refractivity contribution is 0.0941. The minimum absolute atomic E-state index is 0.249. The minimum atomic E-state index is -3.79. The Morgan fingerprint density at radius 3 is 2.52 bits per heavy atom. The van der Waals surface area contributed by atoms with Crippen molar-refractivity contribution in [3.8, 4) is 0 Å². The summed E-state index contributed by atoms with van der Waals surface area (Å²) in [5.74, 6) is -0.580. The van der Waals surface area contributed by atoms with Crippen molar-refractivity contribution in [2.75, 3.05) is 0 Å². The third-order valence-corrected chi connectivity index (χ3v) is 3.59. The fourth-order valence-electron chi connectivity index (χ4n) is 1.43. The molecule has 1 amide bonds. The normalized spacial score (nSPS) is 11.7. The van der Waals surface area contributed by atoms with Crippen LogP contribution in [0.25, 0.3) is 6.08 Å². The molecule has 0 radical (unpaired) electrons. The summed E-state index contributed by atoms with van der Waals surface area (Å²) in [5, 5.41) is 1.51. The minimum Gasteiger partial charge on any atom is -0.357 e. The number of aromatic nitrogens is 1. The van der Waals surface area contributed by atoms with Gasteiger partial charge in [0, 0.05) is 16.6 Å². The van der Waals surface area contributed by atoms with Crippen LogP contribution in [0.4, 0.5) is 0 Å². The molecule has 0 unspecified atom stereocenters.